The second-order valence-electron chi connectivity index (χ2n) is 5.57. The van der Waals surface area contributed by atoms with Crippen molar-refractivity contribution in [2.24, 2.45) is 11.8 Å². The first-order chi connectivity index (χ1) is 8.56. The maximum atomic E-state index is 3.69. The molecule has 0 aliphatic carbocycles. The Kier molecular flexibility index (Phi) is 6.95. The predicted octanol–water partition coefficient (Wildman–Crippen LogP) is 4.82. The highest BCUT2D eigenvalue weighted by Crippen LogP contribution is 2.31. The summed E-state index contributed by atoms with van der Waals surface area (Å²) in [5.41, 5.74) is 1.43. The van der Waals surface area contributed by atoms with Crippen LogP contribution in [0.5, 0.6) is 0 Å². The highest BCUT2D eigenvalue weighted by Gasteiger charge is 2.19. The largest absolute Gasteiger partial charge is 0.316 e. The van der Waals surface area contributed by atoms with E-state index in [0.29, 0.717) is 17.8 Å². The summed E-state index contributed by atoms with van der Waals surface area (Å²) in [5.74, 6) is 1.99. The zero-order chi connectivity index (χ0) is 13.5. The van der Waals surface area contributed by atoms with Crippen LogP contribution in [0.3, 0.4) is 0 Å². The van der Waals surface area contributed by atoms with E-state index in [9.17, 15) is 0 Å². The molecule has 1 rings (SSSR count). The molecule has 1 aromatic carbocycles. The Morgan fingerprint density at radius 3 is 2.33 bits per heavy atom. The van der Waals surface area contributed by atoms with E-state index in [4.69, 9.17) is 0 Å². The lowest BCUT2D eigenvalue weighted by Gasteiger charge is -2.25. The van der Waals surface area contributed by atoms with Crippen LogP contribution in [-0.4, -0.2) is 13.1 Å². The molecular weight excluding hydrogens is 286 g/mol. The fraction of sp³-hybridized carbons (Fsp3) is 0.625. The fourth-order valence-electron chi connectivity index (χ4n) is 2.21. The molecule has 2 unspecified atom stereocenters. The molecule has 0 aromatic heterocycles. The quantitative estimate of drug-likeness (QED) is 0.761. The molecular formula is C16H26BrN. The number of halogens is 1. The molecule has 0 fully saturated rings. The van der Waals surface area contributed by atoms with Crippen LogP contribution in [-0.2, 0) is 0 Å². The highest BCUT2D eigenvalue weighted by atomic mass is 79.9. The average molecular weight is 312 g/mol. The predicted molar refractivity (Wildman–Crippen MR) is 84.0 cm³/mol. The molecule has 0 bridgehead atoms. The van der Waals surface area contributed by atoms with Crippen molar-refractivity contribution >= 4 is 15.9 Å². The van der Waals surface area contributed by atoms with Crippen molar-refractivity contribution in [1.82, 2.24) is 5.32 Å². The molecule has 0 aliphatic heterocycles. The van der Waals surface area contributed by atoms with E-state index in [1.54, 1.807) is 0 Å². The van der Waals surface area contributed by atoms with Crippen LogP contribution in [0.4, 0.5) is 0 Å². The Hall–Kier alpha value is -0.340. The van der Waals surface area contributed by atoms with E-state index in [1.807, 2.05) is 0 Å². The van der Waals surface area contributed by atoms with Crippen LogP contribution in [0.1, 0.15) is 45.6 Å². The molecule has 2 atom stereocenters. The smallest absolute Gasteiger partial charge is 0.0210 e. The van der Waals surface area contributed by atoms with Gasteiger partial charge >= 0.3 is 0 Å². The van der Waals surface area contributed by atoms with Gasteiger partial charge in [-0.15, -0.1) is 0 Å². The van der Waals surface area contributed by atoms with Gasteiger partial charge in [-0.3, -0.25) is 0 Å². The maximum Gasteiger partial charge on any atom is 0.0210 e. The summed E-state index contributed by atoms with van der Waals surface area (Å²) in [5, 5.41) is 3.61. The molecule has 1 N–H and O–H groups in total. The monoisotopic (exact) mass is 311 g/mol. The van der Waals surface area contributed by atoms with Gasteiger partial charge in [-0.25, -0.2) is 0 Å². The molecule has 0 saturated carbocycles. The van der Waals surface area contributed by atoms with E-state index in [0.717, 1.165) is 13.1 Å². The van der Waals surface area contributed by atoms with Crippen molar-refractivity contribution < 1.29 is 0 Å². The van der Waals surface area contributed by atoms with Crippen molar-refractivity contribution in [1.29, 1.82) is 0 Å². The second-order valence-corrected chi connectivity index (χ2v) is 6.42. The third-order valence-corrected chi connectivity index (χ3v) is 4.27. The molecule has 0 spiro atoms. The lowest BCUT2D eigenvalue weighted by Crippen LogP contribution is -2.28. The van der Waals surface area contributed by atoms with Crippen molar-refractivity contribution in [2.45, 2.75) is 40.0 Å². The van der Waals surface area contributed by atoms with Gasteiger partial charge in [0.05, 0.1) is 0 Å². The van der Waals surface area contributed by atoms with E-state index >= 15 is 0 Å². The van der Waals surface area contributed by atoms with Crippen LogP contribution in [0, 0.1) is 11.8 Å². The SMILES string of the molecule is CCC(C)C(CNCC(C)C)c1ccccc1Br. The molecule has 0 heterocycles. The fourth-order valence-corrected chi connectivity index (χ4v) is 2.78. The third-order valence-electron chi connectivity index (χ3n) is 3.55. The number of hydrogen-bond donors (Lipinski definition) is 1. The number of benzene rings is 1. The molecule has 0 saturated heterocycles. The van der Waals surface area contributed by atoms with E-state index < -0.39 is 0 Å². The number of rotatable bonds is 7. The zero-order valence-corrected chi connectivity index (χ0v) is 13.6. The minimum Gasteiger partial charge on any atom is -0.316 e. The topological polar surface area (TPSA) is 12.0 Å². The standard InChI is InChI=1S/C16H26BrN/c1-5-13(4)15(11-18-10-12(2)3)14-8-6-7-9-16(14)17/h6-9,12-13,15,18H,5,10-11H2,1-4H3. The van der Waals surface area contributed by atoms with Crippen LogP contribution >= 0.6 is 15.9 Å². The molecule has 102 valence electrons. The van der Waals surface area contributed by atoms with Gasteiger partial charge in [0.1, 0.15) is 0 Å². The summed E-state index contributed by atoms with van der Waals surface area (Å²) < 4.78 is 1.24. The van der Waals surface area contributed by atoms with Crippen molar-refractivity contribution in [3.8, 4) is 0 Å². The van der Waals surface area contributed by atoms with Gasteiger partial charge in [-0.05, 0) is 30.0 Å². The molecule has 18 heavy (non-hydrogen) atoms. The van der Waals surface area contributed by atoms with Crippen molar-refractivity contribution in [3.05, 3.63) is 34.3 Å². The summed E-state index contributed by atoms with van der Waals surface area (Å²) in [7, 11) is 0. The molecule has 1 aromatic rings. The normalized spacial score (nSPS) is 14.8. The number of nitrogens with one attached hydrogen (secondary N) is 1. The van der Waals surface area contributed by atoms with Crippen molar-refractivity contribution in [2.75, 3.05) is 13.1 Å². The Bertz CT molecular complexity index is 349. The summed E-state index contributed by atoms with van der Waals surface area (Å²) in [6.45, 7) is 11.3. The van der Waals surface area contributed by atoms with Gasteiger partial charge in [-0.2, -0.15) is 0 Å². The van der Waals surface area contributed by atoms with Gasteiger partial charge in [-0.1, -0.05) is 68.2 Å². The molecule has 0 amide bonds. The first kappa shape index (κ1) is 15.7. The number of hydrogen-bond acceptors (Lipinski definition) is 1. The molecule has 2 heteroatoms. The summed E-state index contributed by atoms with van der Waals surface area (Å²) in [6.07, 6.45) is 1.22. The lowest BCUT2D eigenvalue weighted by molar-refractivity contribution is 0.408. The van der Waals surface area contributed by atoms with Crippen LogP contribution in [0.2, 0.25) is 0 Å². The van der Waals surface area contributed by atoms with E-state index in [1.165, 1.54) is 16.5 Å². The Morgan fingerprint density at radius 1 is 1.11 bits per heavy atom. The highest BCUT2D eigenvalue weighted by molar-refractivity contribution is 9.10. The Labute approximate surface area is 120 Å². The minimum atomic E-state index is 0.587. The Morgan fingerprint density at radius 2 is 1.78 bits per heavy atom. The third kappa shape index (κ3) is 4.74. The van der Waals surface area contributed by atoms with Gasteiger partial charge < -0.3 is 5.32 Å². The van der Waals surface area contributed by atoms with Gasteiger partial charge in [0.25, 0.3) is 0 Å². The second kappa shape index (κ2) is 7.96. The van der Waals surface area contributed by atoms with E-state index in [-0.39, 0.29) is 0 Å². The summed E-state index contributed by atoms with van der Waals surface area (Å²) in [6, 6.07) is 8.62. The minimum absolute atomic E-state index is 0.587. The molecule has 0 radical (unpaired) electrons. The van der Waals surface area contributed by atoms with Crippen LogP contribution in [0.25, 0.3) is 0 Å². The summed E-state index contributed by atoms with van der Waals surface area (Å²) in [4.78, 5) is 0. The summed E-state index contributed by atoms with van der Waals surface area (Å²) >= 11 is 3.69. The van der Waals surface area contributed by atoms with Crippen molar-refractivity contribution in [3.63, 3.8) is 0 Å². The van der Waals surface area contributed by atoms with Crippen LogP contribution < -0.4 is 5.32 Å². The lowest BCUT2D eigenvalue weighted by atomic mass is 9.85. The average Bonchev–Trinajstić information content (AvgIpc) is 2.35. The molecule has 1 nitrogen and oxygen atoms in total. The van der Waals surface area contributed by atoms with Gasteiger partial charge in [0.15, 0.2) is 0 Å². The Balaban J connectivity index is 2.75. The van der Waals surface area contributed by atoms with Crippen LogP contribution in [0.15, 0.2) is 28.7 Å². The maximum absolute atomic E-state index is 3.69. The van der Waals surface area contributed by atoms with Gasteiger partial charge in [0, 0.05) is 16.9 Å². The van der Waals surface area contributed by atoms with Gasteiger partial charge in [0.2, 0.25) is 0 Å². The first-order valence-electron chi connectivity index (χ1n) is 7.01. The zero-order valence-electron chi connectivity index (χ0n) is 12.0. The molecule has 0 aliphatic rings. The van der Waals surface area contributed by atoms with E-state index in [2.05, 4.69) is 73.2 Å². The first-order valence-corrected chi connectivity index (χ1v) is 7.80.